The quantitative estimate of drug-likeness (QED) is 0.882. The number of aromatic amines is 1. The molecule has 2 rings (SSSR count). The van der Waals surface area contributed by atoms with Crippen LogP contribution in [0.1, 0.15) is 62.3 Å². The molecular formula is C16H24F3N3O. The zero-order valence-electron chi connectivity index (χ0n) is 14.2. The molecule has 0 unspecified atom stereocenters. The van der Waals surface area contributed by atoms with E-state index in [4.69, 9.17) is 0 Å². The second kappa shape index (κ2) is 5.53. The number of aromatic nitrogens is 2. The Hall–Kier alpha value is -1.53. The van der Waals surface area contributed by atoms with Gasteiger partial charge in [0.15, 0.2) is 5.69 Å². The Balaban J connectivity index is 2.17. The molecule has 1 aliphatic carbocycles. The molecule has 0 saturated heterocycles. The molecule has 7 heteroatoms. The fourth-order valence-corrected chi connectivity index (χ4v) is 3.41. The molecule has 0 radical (unpaired) electrons. The summed E-state index contributed by atoms with van der Waals surface area (Å²) in [5.74, 6) is -0.217. The van der Waals surface area contributed by atoms with E-state index in [1.54, 1.807) is 0 Å². The van der Waals surface area contributed by atoms with Crippen LogP contribution in [0, 0.1) is 23.7 Å². The van der Waals surface area contributed by atoms with E-state index in [0.29, 0.717) is 12.5 Å². The summed E-state index contributed by atoms with van der Waals surface area (Å²) >= 11 is 0. The van der Waals surface area contributed by atoms with Crippen molar-refractivity contribution in [2.75, 3.05) is 6.54 Å². The van der Waals surface area contributed by atoms with Crippen LogP contribution in [0.25, 0.3) is 0 Å². The Morgan fingerprint density at radius 1 is 1.39 bits per heavy atom. The maximum absolute atomic E-state index is 13.0. The molecule has 1 fully saturated rings. The highest BCUT2D eigenvalue weighted by Crippen LogP contribution is 2.55. The van der Waals surface area contributed by atoms with Crippen molar-refractivity contribution in [2.45, 2.75) is 53.6 Å². The Morgan fingerprint density at radius 2 is 2.00 bits per heavy atom. The standard InChI is InChI=1S/C16H24F3N3O/c1-9-6-7-15(5,14(9,3)4)8-20-13(23)11-10(2)21-22-12(11)16(17,18)19/h9H,6-8H2,1-5H3,(H,20,23)(H,21,22)/t9-,15-/m0/s1. The first-order valence-electron chi connectivity index (χ1n) is 7.80. The third-order valence-electron chi connectivity index (χ3n) is 6.00. The molecule has 0 aliphatic heterocycles. The van der Waals surface area contributed by atoms with Crippen molar-refractivity contribution >= 4 is 5.91 Å². The van der Waals surface area contributed by atoms with E-state index in [1.807, 2.05) is 0 Å². The minimum Gasteiger partial charge on any atom is -0.351 e. The molecule has 1 amide bonds. The van der Waals surface area contributed by atoms with E-state index in [2.05, 4.69) is 43.2 Å². The number of carbonyl (C=O) groups is 1. The van der Waals surface area contributed by atoms with Crippen LogP contribution in [0.2, 0.25) is 0 Å². The van der Waals surface area contributed by atoms with Gasteiger partial charge in [0.1, 0.15) is 0 Å². The highest BCUT2D eigenvalue weighted by atomic mass is 19.4. The highest BCUT2D eigenvalue weighted by molar-refractivity contribution is 5.96. The molecular weight excluding hydrogens is 307 g/mol. The number of amides is 1. The van der Waals surface area contributed by atoms with Crippen molar-refractivity contribution in [3.05, 3.63) is 17.0 Å². The Kier molecular flexibility index (Phi) is 4.28. The van der Waals surface area contributed by atoms with E-state index < -0.39 is 23.3 Å². The smallest absolute Gasteiger partial charge is 0.351 e. The maximum atomic E-state index is 13.0. The average molecular weight is 331 g/mol. The van der Waals surface area contributed by atoms with E-state index in [-0.39, 0.29) is 16.5 Å². The molecule has 0 aromatic carbocycles. The molecule has 23 heavy (non-hydrogen) atoms. The number of hydrogen-bond acceptors (Lipinski definition) is 2. The van der Waals surface area contributed by atoms with Gasteiger partial charge in [-0.15, -0.1) is 0 Å². The van der Waals surface area contributed by atoms with Crippen molar-refractivity contribution < 1.29 is 18.0 Å². The molecule has 2 N–H and O–H groups in total. The molecule has 0 bridgehead atoms. The summed E-state index contributed by atoms with van der Waals surface area (Å²) < 4.78 is 38.9. The van der Waals surface area contributed by atoms with Gasteiger partial charge in [-0.3, -0.25) is 9.89 Å². The molecule has 1 saturated carbocycles. The van der Waals surface area contributed by atoms with Crippen LogP contribution in [-0.4, -0.2) is 22.6 Å². The highest BCUT2D eigenvalue weighted by Gasteiger charge is 2.49. The van der Waals surface area contributed by atoms with Crippen LogP contribution in [0.4, 0.5) is 13.2 Å². The number of rotatable bonds is 3. The van der Waals surface area contributed by atoms with Crippen LogP contribution in [0.15, 0.2) is 0 Å². The number of halogens is 3. The van der Waals surface area contributed by atoms with Crippen molar-refractivity contribution in [3.8, 4) is 0 Å². The first-order valence-corrected chi connectivity index (χ1v) is 7.80. The molecule has 0 spiro atoms. The van der Waals surface area contributed by atoms with Gasteiger partial charge in [0.05, 0.1) is 5.56 Å². The van der Waals surface area contributed by atoms with Crippen molar-refractivity contribution in [3.63, 3.8) is 0 Å². The van der Waals surface area contributed by atoms with Crippen LogP contribution < -0.4 is 5.32 Å². The number of hydrogen-bond donors (Lipinski definition) is 2. The summed E-state index contributed by atoms with van der Waals surface area (Å²) in [6.07, 6.45) is -2.65. The normalized spacial score (nSPS) is 27.2. The molecule has 1 aliphatic rings. The number of alkyl halides is 3. The van der Waals surface area contributed by atoms with Gasteiger partial charge < -0.3 is 5.32 Å². The summed E-state index contributed by atoms with van der Waals surface area (Å²) in [4.78, 5) is 12.3. The second-order valence-corrected chi connectivity index (χ2v) is 7.47. The first kappa shape index (κ1) is 17.8. The zero-order valence-corrected chi connectivity index (χ0v) is 14.2. The lowest BCUT2D eigenvalue weighted by atomic mass is 9.66. The lowest BCUT2D eigenvalue weighted by Gasteiger charge is -2.41. The van der Waals surface area contributed by atoms with Gasteiger partial charge in [-0.25, -0.2) is 0 Å². The summed E-state index contributed by atoms with van der Waals surface area (Å²) in [5, 5.41) is 8.19. The number of nitrogens with one attached hydrogen (secondary N) is 2. The fourth-order valence-electron chi connectivity index (χ4n) is 3.41. The van der Waals surface area contributed by atoms with Crippen molar-refractivity contribution in [1.82, 2.24) is 15.5 Å². The minimum absolute atomic E-state index is 0.0125. The topological polar surface area (TPSA) is 57.8 Å². The molecule has 2 atom stereocenters. The largest absolute Gasteiger partial charge is 0.435 e. The van der Waals surface area contributed by atoms with Gasteiger partial charge >= 0.3 is 6.18 Å². The predicted octanol–water partition coefficient (Wildman–Crippen LogP) is 3.93. The monoisotopic (exact) mass is 331 g/mol. The Labute approximate surface area is 134 Å². The molecule has 4 nitrogen and oxygen atoms in total. The summed E-state index contributed by atoms with van der Waals surface area (Å²) in [7, 11) is 0. The zero-order chi connectivity index (χ0) is 17.6. The number of aryl methyl sites for hydroxylation is 1. The molecule has 1 aromatic rings. The summed E-state index contributed by atoms with van der Waals surface area (Å²) in [6.45, 7) is 10.3. The van der Waals surface area contributed by atoms with Crippen molar-refractivity contribution in [1.29, 1.82) is 0 Å². The third kappa shape index (κ3) is 2.97. The van der Waals surface area contributed by atoms with E-state index >= 15 is 0 Å². The van der Waals surface area contributed by atoms with Gasteiger partial charge in [0.2, 0.25) is 0 Å². The van der Waals surface area contributed by atoms with E-state index in [9.17, 15) is 18.0 Å². The van der Waals surface area contributed by atoms with Gasteiger partial charge in [-0.05, 0) is 36.5 Å². The molecule has 1 aromatic heterocycles. The SMILES string of the molecule is Cc1[nH]nc(C(F)(F)F)c1C(=O)NC[C@]1(C)CC[C@H](C)C1(C)C. The lowest BCUT2D eigenvalue weighted by molar-refractivity contribution is -0.141. The third-order valence-corrected chi connectivity index (χ3v) is 6.00. The number of nitrogens with zero attached hydrogens (tertiary/aromatic N) is 1. The molecule has 1 heterocycles. The Morgan fingerprint density at radius 3 is 2.48 bits per heavy atom. The first-order chi connectivity index (χ1) is 10.4. The van der Waals surface area contributed by atoms with Gasteiger partial charge in [0, 0.05) is 12.2 Å². The van der Waals surface area contributed by atoms with Crippen LogP contribution in [-0.2, 0) is 6.18 Å². The predicted molar refractivity (Wildman–Crippen MR) is 80.9 cm³/mol. The van der Waals surface area contributed by atoms with Crippen LogP contribution in [0.5, 0.6) is 0 Å². The van der Waals surface area contributed by atoms with Crippen LogP contribution >= 0.6 is 0 Å². The Bertz CT molecular complexity index is 606. The van der Waals surface area contributed by atoms with Gasteiger partial charge in [-0.1, -0.05) is 27.7 Å². The average Bonchev–Trinajstić information content (AvgIpc) is 2.91. The van der Waals surface area contributed by atoms with Gasteiger partial charge in [-0.2, -0.15) is 18.3 Å². The van der Waals surface area contributed by atoms with E-state index in [0.717, 1.165) is 12.8 Å². The lowest BCUT2D eigenvalue weighted by Crippen LogP contribution is -2.43. The number of H-pyrrole nitrogens is 1. The second-order valence-electron chi connectivity index (χ2n) is 7.47. The summed E-state index contributed by atoms with van der Waals surface area (Å²) in [5.41, 5.74) is -1.57. The minimum atomic E-state index is -4.65. The summed E-state index contributed by atoms with van der Waals surface area (Å²) in [6, 6.07) is 0. The van der Waals surface area contributed by atoms with Crippen LogP contribution in [0.3, 0.4) is 0 Å². The number of carbonyl (C=O) groups excluding carboxylic acids is 1. The fraction of sp³-hybridized carbons (Fsp3) is 0.750. The maximum Gasteiger partial charge on any atom is 0.435 e. The molecule has 130 valence electrons. The van der Waals surface area contributed by atoms with Gasteiger partial charge in [0.25, 0.3) is 5.91 Å². The van der Waals surface area contributed by atoms with Crippen molar-refractivity contribution in [2.24, 2.45) is 16.7 Å². The van der Waals surface area contributed by atoms with E-state index in [1.165, 1.54) is 6.92 Å².